The fourth-order valence-corrected chi connectivity index (χ4v) is 2.70. The lowest BCUT2D eigenvalue weighted by Gasteiger charge is -2.30. The van der Waals surface area contributed by atoms with Gasteiger partial charge in [-0.25, -0.2) is 0 Å². The number of rotatable bonds is 3. The molecule has 19 heavy (non-hydrogen) atoms. The Balaban J connectivity index is 1.91. The third kappa shape index (κ3) is 2.61. The molecule has 4 nitrogen and oxygen atoms in total. The van der Waals surface area contributed by atoms with Crippen LogP contribution >= 0.6 is 0 Å². The number of hydrazine groups is 1. The van der Waals surface area contributed by atoms with Gasteiger partial charge in [0.15, 0.2) is 0 Å². The molecule has 2 atom stereocenters. The summed E-state index contributed by atoms with van der Waals surface area (Å²) in [6.45, 7) is 0.823. The molecular weight excluding hydrogens is 238 g/mol. The molecule has 2 unspecified atom stereocenters. The Morgan fingerprint density at radius 3 is 3.00 bits per heavy atom. The maximum atomic E-state index is 5.83. The van der Waals surface area contributed by atoms with Crippen LogP contribution in [0.4, 0.5) is 0 Å². The molecule has 0 radical (unpaired) electrons. The molecule has 0 saturated carbocycles. The molecule has 0 bridgehead atoms. The lowest BCUT2D eigenvalue weighted by Crippen LogP contribution is -2.39. The summed E-state index contributed by atoms with van der Waals surface area (Å²) < 4.78 is 5.83. The molecule has 1 fully saturated rings. The molecule has 0 amide bonds. The molecule has 100 valence electrons. The molecule has 4 heteroatoms. The summed E-state index contributed by atoms with van der Waals surface area (Å²) in [5.74, 6) is 5.72. The van der Waals surface area contributed by atoms with Crippen LogP contribution in [0, 0.1) is 0 Å². The van der Waals surface area contributed by atoms with Crippen LogP contribution in [0.1, 0.15) is 30.9 Å². The zero-order chi connectivity index (χ0) is 13.1. The zero-order valence-electron chi connectivity index (χ0n) is 10.9. The SMILES string of the molecule is NNC(c1cnc2ccccc2c1)C1CCCCO1. The van der Waals surface area contributed by atoms with Gasteiger partial charge in [-0.1, -0.05) is 18.2 Å². The van der Waals surface area contributed by atoms with Gasteiger partial charge < -0.3 is 4.74 Å². The summed E-state index contributed by atoms with van der Waals surface area (Å²) in [6.07, 6.45) is 5.42. The van der Waals surface area contributed by atoms with Gasteiger partial charge in [-0.3, -0.25) is 16.3 Å². The minimum absolute atomic E-state index is 0.0115. The van der Waals surface area contributed by atoms with Crippen molar-refractivity contribution >= 4 is 10.9 Å². The predicted molar refractivity (Wildman–Crippen MR) is 75.4 cm³/mol. The number of ether oxygens (including phenoxy) is 1. The second kappa shape index (κ2) is 5.65. The van der Waals surface area contributed by atoms with Crippen molar-refractivity contribution in [3.05, 3.63) is 42.1 Å². The van der Waals surface area contributed by atoms with E-state index in [2.05, 4.69) is 22.5 Å². The minimum Gasteiger partial charge on any atom is -0.376 e. The van der Waals surface area contributed by atoms with Gasteiger partial charge >= 0.3 is 0 Å². The van der Waals surface area contributed by atoms with Gasteiger partial charge in [0.1, 0.15) is 0 Å². The number of para-hydroxylation sites is 1. The molecule has 1 saturated heterocycles. The Hall–Kier alpha value is -1.49. The average Bonchev–Trinajstić information content (AvgIpc) is 2.49. The third-order valence-electron chi connectivity index (χ3n) is 3.74. The van der Waals surface area contributed by atoms with Crippen molar-refractivity contribution in [2.75, 3.05) is 6.61 Å². The molecule has 3 rings (SSSR count). The summed E-state index contributed by atoms with van der Waals surface area (Å²) in [7, 11) is 0. The number of nitrogens with one attached hydrogen (secondary N) is 1. The number of aromatic nitrogens is 1. The monoisotopic (exact) mass is 257 g/mol. The Morgan fingerprint density at radius 1 is 1.32 bits per heavy atom. The lowest BCUT2D eigenvalue weighted by molar-refractivity contribution is -0.00825. The Kier molecular flexibility index (Phi) is 3.73. The highest BCUT2D eigenvalue weighted by molar-refractivity contribution is 5.78. The van der Waals surface area contributed by atoms with E-state index in [1.165, 1.54) is 6.42 Å². The summed E-state index contributed by atoms with van der Waals surface area (Å²) in [5.41, 5.74) is 4.98. The van der Waals surface area contributed by atoms with Gasteiger partial charge in [0.25, 0.3) is 0 Å². The Bertz CT molecular complexity index is 552. The maximum Gasteiger partial charge on any atom is 0.0783 e. The largest absolute Gasteiger partial charge is 0.376 e. The number of hydrogen-bond donors (Lipinski definition) is 2. The summed E-state index contributed by atoms with van der Waals surface area (Å²) in [5, 5.41) is 1.14. The summed E-state index contributed by atoms with van der Waals surface area (Å²) in [4.78, 5) is 4.49. The van der Waals surface area contributed by atoms with Gasteiger partial charge in [0, 0.05) is 18.2 Å². The molecule has 0 aliphatic carbocycles. The van der Waals surface area contributed by atoms with Gasteiger partial charge in [-0.15, -0.1) is 0 Å². The van der Waals surface area contributed by atoms with Crippen LogP contribution in [0.15, 0.2) is 36.5 Å². The smallest absolute Gasteiger partial charge is 0.0783 e. The average molecular weight is 257 g/mol. The highest BCUT2D eigenvalue weighted by Gasteiger charge is 2.25. The number of pyridine rings is 1. The fourth-order valence-electron chi connectivity index (χ4n) is 2.70. The molecule has 2 aromatic rings. The van der Waals surface area contributed by atoms with Crippen molar-refractivity contribution in [1.29, 1.82) is 0 Å². The first-order chi connectivity index (χ1) is 9.38. The highest BCUT2D eigenvalue weighted by Crippen LogP contribution is 2.27. The topological polar surface area (TPSA) is 60.2 Å². The fraction of sp³-hybridized carbons (Fsp3) is 0.400. The van der Waals surface area contributed by atoms with Gasteiger partial charge in [0.05, 0.1) is 17.7 Å². The molecular formula is C15H19N3O. The molecule has 2 heterocycles. The van der Waals surface area contributed by atoms with E-state index in [0.717, 1.165) is 35.9 Å². The van der Waals surface area contributed by atoms with E-state index >= 15 is 0 Å². The van der Waals surface area contributed by atoms with E-state index in [-0.39, 0.29) is 12.1 Å². The van der Waals surface area contributed by atoms with Gasteiger partial charge in [-0.05, 0) is 37.0 Å². The van der Waals surface area contributed by atoms with Crippen molar-refractivity contribution in [2.45, 2.75) is 31.4 Å². The van der Waals surface area contributed by atoms with Crippen LogP contribution in [0.2, 0.25) is 0 Å². The van der Waals surface area contributed by atoms with E-state index in [4.69, 9.17) is 10.6 Å². The van der Waals surface area contributed by atoms with Crippen molar-refractivity contribution in [1.82, 2.24) is 10.4 Å². The Labute approximate surface area is 112 Å². The molecule has 3 N–H and O–H groups in total. The third-order valence-corrected chi connectivity index (χ3v) is 3.74. The summed E-state index contributed by atoms with van der Waals surface area (Å²) >= 11 is 0. The number of fused-ring (bicyclic) bond motifs is 1. The first kappa shape index (κ1) is 12.5. The van der Waals surface area contributed by atoms with E-state index in [1.54, 1.807) is 0 Å². The number of hydrogen-bond acceptors (Lipinski definition) is 4. The maximum absolute atomic E-state index is 5.83. The molecule has 1 aliphatic heterocycles. The van der Waals surface area contributed by atoms with Gasteiger partial charge in [-0.2, -0.15) is 0 Å². The zero-order valence-corrected chi connectivity index (χ0v) is 10.9. The van der Waals surface area contributed by atoms with E-state index in [9.17, 15) is 0 Å². The van der Waals surface area contributed by atoms with E-state index < -0.39 is 0 Å². The van der Waals surface area contributed by atoms with Gasteiger partial charge in [0.2, 0.25) is 0 Å². The van der Waals surface area contributed by atoms with E-state index in [1.807, 2.05) is 24.4 Å². The van der Waals surface area contributed by atoms with Crippen LogP contribution < -0.4 is 11.3 Å². The van der Waals surface area contributed by atoms with Crippen LogP contribution in [-0.2, 0) is 4.74 Å². The van der Waals surface area contributed by atoms with Crippen molar-refractivity contribution in [3.8, 4) is 0 Å². The van der Waals surface area contributed by atoms with Crippen LogP contribution in [-0.4, -0.2) is 17.7 Å². The van der Waals surface area contributed by atoms with Crippen LogP contribution in [0.5, 0.6) is 0 Å². The summed E-state index contributed by atoms with van der Waals surface area (Å²) in [6, 6.07) is 10.3. The Morgan fingerprint density at radius 2 is 2.21 bits per heavy atom. The second-order valence-electron chi connectivity index (χ2n) is 5.01. The number of benzene rings is 1. The van der Waals surface area contributed by atoms with Crippen molar-refractivity contribution < 1.29 is 4.74 Å². The normalized spacial score (nSPS) is 21.4. The van der Waals surface area contributed by atoms with Crippen LogP contribution in [0.25, 0.3) is 10.9 Å². The number of nitrogens with zero attached hydrogens (tertiary/aromatic N) is 1. The lowest BCUT2D eigenvalue weighted by atomic mass is 9.96. The molecule has 1 aromatic carbocycles. The first-order valence-electron chi connectivity index (χ1n) is 6.81. The van der Waals surface area contributed by atoms with Crippen molar-refractivity contribution in [2.24, 2.45) is 5.84 Å². The van der Waals surface area contributed by atoms with Crippen LogP contribution in [0.3, 0.4) is 0 Å². The molecule has 1 aromatic heterocycles. The standard InChI is InChI=1S/C15H19N3O/c16-18-15(14-7-3-4-8-19-14)12-9-11-5-1-2-6-13(11)17-10-12/h1-2,5-6,9-10,14-15,18H,3-4,7-8,16H2. The second-order valence-corrected chi connectivity index (χ2v) is 5.01. The number of nitrogens with two attached hydrogens (primary N) is 1. The predicted octanol–water partition coefficient (Wildman–Crippen LogP) is 2.31. The first-order valence-corrected chi connectivity index (χ1v) is 6.81. The quantitative estimate of drug-likeness (QED) is 0.654. The molecule has 1 aliphatic rings. The highest BCUT2D eigenvalue weighted by atomic mass is 16.5. The van der Waals surface area contributed by atoms with Crippen molar-refractivity contribution in [3.63, 3.8) is 0 Å². The minimum atomic E-state index is 0.0115. The van der Waals surface area contributed by atoms with E-state index in [0.29, 0.717) is 0 Å². The molecule has 0 spiro atoms.